The first kappa shape index (κ1) is 15.3. The van der Waals surface area contributed by atoms with E-state index in [9.17, 15) is 5.11 Å². The fourth-order valence-electron chi connectivity index (χ4n) is 2.75. The zero-order valence-electron chi connectivity index (χ0n) is 13.5. The molecule has 0 aliphatic rings. The summed E-state index contributed by atoms with van der Waals surface area (Å²) in [7, 11) is 3.23. The number of pyridine rings is 1. The first-order chi connectivity index (χ1) is 11.2. The summed E-state index contributed by atoms with van der Waals surface area (Å²) < 4.78 is 10.6. The van der Waals surface area contributed by atoms with Crippen molar-refractivity contribution >= 4 is 10.9 Å². The highest BCUT2D eigenvalue weighted by atomic mass is 16.5. The van der Waals surface area contributed by atoms with Crippen molar-refractivity contribution in [2.75, 3.05) is 14.2 Å². The lowest BCUT2D eigenvalue weighted by atomic mass is 10.0. The van der Waals surface area contributed by atoms with Crippen LogP contribution >= 0.6 is 0 Å². The van der Waals surface area contributed by atoms with Gasteiger partial charge in [0.25, 0.3) is 0 Å². The van der Waals surface area contributed by atoms with Crippen LogP contribution in [0.4, 0.5) is 0 Å². The number of benzene rings is 2. The lowest BCUT2D eigenvalue weighted by molar-refractivity contribution is 0.283. The van der Waals surface area contributed by atoms with Gasteiger partial charge in [-0.1, -0.05) is 18.2 Å². The SMILES string of the molecule is COc1ccc(-c2cc(C)c3cccc(CO)c3n2)cc1OC. The standard InChI is InChI=1S/C19H19NO3/c1-12-9-16(13-7-8-17(22-2)18(10-13)23-3)20-19-14(11-21)5-4-6-15(12)19/h4-10,21H,11H2,1-3H3. The molecule has 0 amide bonds. The number of aliphatic hydroxyl groups is 1. The Balaban J connectivity index is 2.20. The van der Waals surface area contributed by atoms with Gasteiger partial charge in [0.2, 0.25) is 0 Å². The van der Waals surface area contributed by atoms with Gasteiger partial charge < -0.3 is 14.6 Å². The van der Waals surface area contributed by atoms with E-state index in [0.29, 0.717) is 11.5 Å². The summed E-state index contributed by atoms with van der Waals surface area (Å²) in [6.07, 6.45) is 0. The van der Waals surface area contributed by atoms with Gasteiger partial charge in [-0.05, 0) is 36.8 Å². The second-order valence-electron chi connectivity index (χ2n) is 5.37. The highest BCUT2D eigenvalue weighted by Crippen LogP contribution is 2.33. The summed E-state index contributed by atoms with van der Waals surface area (Å²) in [4.78, 5) is 4.75. The minimum absolute atomic E-state index is 0.0286. The number of hydrogen-bond acceptors (Lipinski definition) is 4. The molecule has 0 radical (unpaired) electrons. The second-order valence-corrected chi connectivity index (χ2v) is 5.37. The molecule has 0 aliphatic heterocycles. The van der Waals surface area contributed by atoms with Gasteiger partial charge in [0.05, 0.1) is 32.0 Å². The maximum Gasteiger partial charge on any atom is 0.161 e. The van der Waals surface area contributed by atoms with Gasteiger partial charge in [0.1, 0.15) is 0 Å². The molecule has 0 bridgehead atoms. The molecule has 0 unspecified atom stereocenters. The van der Waals surface area contributed by atoms with E-state index in [0.717, 1.165) is 33.3 Å². The summed E-state index contributed by atoms with van der Waals surface area (Å²) >= 11 is 0. The van der Waals surface area contributed by atoms with E-state index in [4.69, 9.17) is 14.5 Å². The summed E-state index contributed by atoms with van der Waals surface area (Å²) in [6.45, 7) is 2.02. The highest BCUT2D eigenvalue weighted by Gasteiger charge is 2.11. The molecule has 23 heavy (non-hydrogen) atoms. The third kappa shape index (κ3) is 2.73. The maximum atomic E-state index is 9.56. The summed E-state index contributed by atoms with van der Waals surface area (Å²) in [5.74, 6) is 1.35. The van der Waals surface area contributed by atoms with E-state index in [-0.39, 0.29) is 6.61 Å². The van der Waals surface area contributed by atoms with Crippen LogP contribution in [0.3, 0.4) is 0 Å². The van der Waals surface area contributed by atoms with Crippen molar-refractivity contribution in [1.82, 2.24) is 4.98 Å². The van der Waals surface area contributed by atoms with Gasteiger partial charge in [0, 0.05) is 16.5 Å². The molecule has 4 nitrogen and oxygen atoms in total. The monoisotopic (exact) mass is 309 g/mol. The molecular formula is C19H19NO3. The number of nitrogens with zero attached hydrogens (tertiary/aromatic N) is 1. The molecule has 3 rings (SSSR count). The molecule has 0 saturated heterocycles. The number of para-hydroxylation sites is 1. The Bertz CT molecular complexity index is 859. The molecule has 1 heterocycles. The summed E-state index contributed by atoms with van der Waals surface area (Å²) in [5, 5.41) is 10.6. The largest absolute Gasteiger partial charge is 0.493 e. The van der Waals surface area contributed by atoms with Crippen molar-refractivity contribution < 1.29 is 14.6 Å². The molecule has 0 atom stereocenters. The Kier molecular flexibility index (Phi) is 4.17. The molecule has 0 saturated carbocycles. The zero-order chi connectivity index (χ0) is 16.4. The summed E-state index contributed by atoms with van der Waals surface area (Å²) in [5.41, 5.74) is 4.57. The Morgan fingerprint density at radius 2 is 1.78 bits per heavy atom. The van der Waals surface area contributed by atoms with Crippen molar-refractivity contribution in [3.05, 3.63) is 53.6 Å². The zero-order valence-corrected chi connectivity index (χ0v) is 13.5. The van der Waals surface area contributed by atoms with Gasteiger partial charge in [-0.2, -0.15) is 0 Å². The van der Waals surface area contributed by atoms with Crippen LogP contribution in [0.1, 0.15) is 11.1 Å². The van der Waals surface area contributed by atoms with Crippen molar-refractivity contribution in [1.29, 1.82) is 0 Å². The Labute approximate surface area is 135 Å². The van der Waals surface area contributed by atoms with E-state index in [1.807, 2.05) is 42.5 Å². The minimum Gasteiger partial charge on any atom is -0.493 e. The molecule has 0 fully saturated rings. The average Bonchev–Trinajstić information content (AvgIpc) is 2.60. The van der Waals surface area contributed by atoms with Crippen LogP contribution in [0.2, 0.25) is 0 Å². The number of aromatic nitrogens is 1. The second kappa shape index (κ2) is 6.26. The van der Waals surface area contributed by atoms with Gasteiger partial charge in [-0.15, -0.1) is 0 Å². The molecule has 4 heteroatoms. The lowest BCUT2D eigenvalue weighted by Gasteiger charge is -2.12. The van der Waals surface area contributed by atoms with E-state index in [2.05, 4.69) is 6.92 Å². The molecule has 0 aliphatic carbocycles. The van der Waals surface area contributed by atoms with Gasteiger partial charge in [0.15, 0.2) is 11.5 Å². The van der Waals surface area contributed by atoms with Crippen LogP contribution in [0.25, 0.3) is 22.2 Å². The fraction of sp³-hybridized carbons (Fsp3) is 0.211. The van der Waals surface area contributed by atoms with Gasteiger partial charge in [-0.25, -0.2) is 4.98 Å². The third-order valence-electron chi connectivity index (χ3n) is 3.98. The normalized spacial score (nSPS) is 10.8. The Morgan fingerprint density at radius 1 is 1.00 bits per heavy atom. The lowest BCUT2D eigenvalue weighted by Crippen LogP contribution is -1.95. The van der Waals surface area contributed by atoms with Crippen LogP contribution in [0.15, 0.2) is 42.5 Å². The third-order valence-corrected chi connectivity index (χ3v) is 3.98. The van der Waals surface area contributed by atoms with Crippen LogP contribution < -0.4 is 9.47 Å². The number of aryl methyl sites for hydroxylation is 1. The molecule has 118 valence electrons. The minimum atomic E-state index is -0.0286. The molecular weight excluding hydrogens is 290 g/mol. The van der Waals surface area contributed by atoms with Gasteiger partial charge in [-0.3, -0.25) is 0 Å². The Morgan fingerprint density at radius 3 is 2.48 bits per heavy atom. The molecule has 3 aromatic rings. The van der Waals surface area contributed by atoms with Crippen LogP contribution in [0, 0.1) is 6.92 Å². The first-order valence-electron chi connectivity index (χ1n) is 7.40. The number of fused-ring (bicyclic) bond motifs is 1. The van der Waals surface area contributed by atoms with Gasteiger partial charge >= 0.3 is 0 Å². The van der Waals surface area contributed by atoms with Crippen LogP contribution in [0.5, 0.6) is 11.5 Å². The smallest absolute Gasteiger partial charge is 0.161 e. The van der Waals surface area contributed by atoms with E-state index < -0.39 is 0 Å². The van der Waals surface area contributed by atoms with Crippen molar-refractivity contribution in [2.45, 2.75) is 13.5 Å². The predicted molar refractivity (Wildman–Crippen MR) is 90.9 cm³/mol. The molecule has 1 N–H and O–H groups in total. The number of hydrogen-bond donors (Lipinski definition) is 1. The first-order valence-corrected chi connectivity index (χ1v) is 7.40. The predicted octanol–water partition coefficient (Wildman–Crippen LogP) is 3.72. The van der Waals surface area contributed by atoms with Crippen molar-refractivity contribution in [2.24, 2.45) is 0 Å². The van der Waals surface area contributed by atoms with Crippen LogP contribution in [-0.2, 0) is 6.61 Å². The Hall–Kier alpha value is -2.59. The molecule has 1 aromatic heterocycles. The molecule has 0 spiro atoms. The van der Waals surface area contributed by atoms with Crippen LogP contribution in [-0.4, -0.2) is 24.3 Å². The van der Waals surface area contributed by atoms with Crippen molar-refractivity contribution in [3.63, 3.8) is 0 Å². The van der Waals surface area contributed by atoms with E-state index in [1.54, 1.807) is 14.2 Å². The summed E-state index contributed by atoms with van der Waals surface area (Å²) in [6, 6.07) is 13.6. The number of ether oxygens (including phenoxy) is 2. The van der Waals surface area contributed by atoms with E-state index in [1.165, 1.54) is 0 Å². The molecule has 2 aromatic carbocycles. The topological polar surface area (TPSA) is 51.6 Å². The number of rotatable bonds is 4. The van der Waals surface area contributed by atoms with E-state index >= 15 is 0 Å². The number of methoxy groups -OCH3 is 2. The average molecular weight is 309 g/mol. The number of aliphatic hydroxyl groups excluding tert-OH is 1. The fourth-order valence-corrected chi connectivity index (χ4v) is 2.75. The van der Waals surface area contributed by atoms with Crippen molar-refractivity contribution in [3.8, 4) is 22.8 Å². The quantitative estimate of drug-likeness (QED) is 0.798. The highest BCUT2D eigenvalue weighted by molar-refractivity contribution is 5.87. The maximum absolute atomic E-state index is 9.56.